The number of ether oxygens (including phenoxy) is 2. The zero-order chi connectivity index (χ0) is 27.0. The lowest BCUT2D eigenvalue weighted by molar-refractivity contribution is -0.157. The topological polar surface area (TPSA) is 84.9 Å². The van der Waals surface area contributed by atoms with Gasteiger partial charge in [0.05, 0.1) is 18.7 Å². The number of para-hydroxylation sites is 1. The summed E-state index contributed by atoms with van der Waals surface area (Å²) in [6.45, 7) is 4.62. The van der Waals surface area contributed by atoms with Crippen LogP contribution in [0.4, 0.5) is 0 Å². The molecular weight excluding hydrogens is 466 g/mol. The fraction of sp³-hybridized carbons (Fsp3) is 0.419. The van der Waals surface area contributed by atoms with E-state index in [2.05, 4.69) is 66.9 Å². The average molecular weight is 510 g/mol. The van der Waals surface area contributed by atoms with Gasteiger partial charge >= 0.3 is 5.97 Å². The van der Waals surface area contributed by atoms with Crippen LogP contribution in [-0.4, -0.2) is 42.8 Å². The Kier molecular flexibility index (Phi) is 18.7. The van der Waals surface area contributed by atoms with E-state index in [1.54, 1.807) is 12.1 Å². The third kappa shape index (κ3) is 16.1. The number of hydrogen-bond acceptors (Lipinski definition) is 5. The molecule has 6 nitrogen and oxygen atoms in total. The van der Waals surface area contributed by atoms with Crippen molar-refractivity contribution in [3.63, 3.8) is 0 Å². The first-order valence-electron chi connectivity index (χ1n) is 13.2. The summed E-state index contributed by atoms with van der Waals surface area (Å²) in [5.41, 5.74) is 0.179. The molecule has 1 aromatic rings. The van der Waals surface area contributed by atoms with Crippen molar-refractivity contribution in [1.82, 2.24) is 5.32 Å². The van der Waals surface area contributed by atoms with Gasteiger partial charge < -0.3 is 19.9 Å². The highest BCUT2D eigenvalue weighted by Gasteiger charge is 2.18. The van der Waals surface area contributed by atoms with Crippen molar-refractivity contribution in [3.05, 3.63) is 90.6 Å². The number of hydrogen-bond donors (Lipinski definition) is 2. The lowest BCUT2D eigenvalue weighted by Crippen LogP contribution is -2.31. The van der Waals surface area contributed by atoms with Crippen LogP contribution < -0.4 is 5.32 Å². The number of phenols is 1. The Bertz CT molecular complexity index is 914. The van der Waals surface area contributed by atoms with Gasteiger partial charge in [0, 0.05) is 0 Å². The monoisotopic (exact) mass is 509 g/mol. The van der Waals surface area contributed by atoms with E-state index in [0.717, 1.165) is 32.1 Å². The maximum Gasteiger partial charge on any atom is 0.335 e. The number of rotatable bonds is 19. The summed E-state index contributed by atoms with van der Waals surface area (Å²) in [4.78, 5) is 24.2. The lowest BCUT2D eigenvalue weighted by Gasteiger charge is -2.15. The van der Waals surface area contributed by atoms with E-state index in [1.807, 2.05) is 13.0 Å². The van der Waals surface area contributed by atoms with Gasteiger partial charge in [0.2, 0.25) is 0 Å². The van der Waals surface area contributed by atoms with Gasteiger partial charge in [-0.05, 0) is 57.1 Å². The standard InChI is InChI=1S/C31H43NO5/c1-3-5-6-7-8-9-10-11-12-13-14-15-16-17-18-21-25-36-29(4-2)31(35)37-26-24-32-30(34)27-22-19-20-23-28(27)33/h5-6,8-9,11-12,14-15,17-20,22-23,29,33H,3-4,7,10,13,16,21,24-26H2,1-2H3,(H,32,34). The molecule has 0 aliphatic rings. The molecule has 0 radical (unpaired) electrons. The number of amides is 1. The van der Waals surface area contributed by atoms with Crippen LogP contribution in [0.25, 0.3) is 0 Å². The summed E-state index contributed by atoms with van der Waals surface area (Å²) in [7, 11) is 0. The van der Waals surface area contributed by atoms with Crippen LogP contribution in [0.5, 0.6) is 5.75 Å². The van der Waals surface area contributed by atoms with Gasteiger partial charge in [0.1, 0.15) is 12.4 Å². The molecule has 2 N–H and O–H groups in total. The highest BCUT2D eigenvalue weighted by Crippen LogP contribution is 2.14. The number of carbonyl (C=O) groups is 2. The molecule has 37 heavy (non-hydrogen) atoms. The minimum absolute atomic E-state index is 0.0345. The van der Waals surface area contributed by atoms with E-state index in [-0.39, 0.29) is 24.5 Å². The molecule has 0 fully saturated rings. The van der Waals surface area contributed by atoms with Crippen LogP contribution >= 0.6 is 0 Å². The maximum absolute atomic E-state index is 12.2. The number of nitrogens with one attached hydrogen (secondary N) is 1. The number of esters is 1. The first-order valence-corrected chi connectivity index (χ1v) is 13.2. The summed E-state index contributed by atoms with van der Waals surface area (Å²) in [6, 6.07) is 6.27. The Hall–Kier alpha value is -3.38. The third-order valence-electron chi connectivity index (χ3n) is 5.18. The van der Waals surface area contributed by atoms with E-state index in [9.17, 15) is 14.7 Å². The summed E-state index contributed by atoms with van der Waals surface area (Å²) in [5, 5.41) is 12.3. The fourth-order valence-electron chi connectivity index (χ4n) is 3.17. The van der Waals surface area contributed by atoms with E-state index in [1.165, 1.54) is 12.1 Å². The van der Waals surface area contributed by atoms with Gasteiger partial charge in [0.15, 0.2) is 6.10 Å². The Labute approximate surface area is 222 Å². The number of aromatic hydroxyl groups is 1. The molecule has 1 atom stereocenters. The summed E-state index contributed by atoms with van der Waals surface area (Å²) < 4.78 is 10.9. The number of phenolic OH excluding ortho intramolecular Hbond substituents is 1. The van der Waals surface area contributed by atoms with Crippen molar-refractivity contribution in [3.8, 4) is 5.75 Å². The molecule has 1 rings (SSSR count). The Morgan fingerprint density at radius 3 is 1.97 bits per heavy atom. The molecule has 1 amide bonds. The van der Waals surface area contributed by atoms with Crippen LogP contribution in [0.15, 0.2) is 85.0 Å². The zero-order valence-corrected chi connectivity index (χ0v) is 22.3. The van der Waals surface area contributed by atoms with Gasteiger partial charge in [0.25, 0.3) is 5.91 Å². The van der Waals surface area contributed by atoms with E-state index in [4.69, 9.17) is 9.47 Å². The van der Waals surface area contributed by atoms with Crippen LogP contribution in [0.2, 0.25) is 0 Å². The molecule has 0 saturated carbocycles. The predicted octanol–water partition coefficient (Wildman–Crippen LogP) is 6.60. The molecule has 0 spiro atoms. The minimum atomic E-state index is -0.628. The normalized spacial score (nSPS) is 12.9. The second kappa shape index (κ2) is 21.9. The van der Waals surface area contributed by atoms with E-state index in [0.29, 0.717) is 19.4 Å². The summed E-state index contributed by atoms with van der Waals surface area (Å²) in [6.07, 6.45) is 27.0. The van der Waals surface area contributed by atoms with E-state index >= 15 is 0 Å². The SMILES string of the molecule is CCC=CCC=CCC=CCC=CCC=CCCOC(CC)C(=O)OCCNC(=O)c1ccccc1O. The van der Waals surface area contributed by atoms with Crippen LogP contribution in [0, 0.1) is 0 Å². The number of allylic oxidation sites excluding steroid dienone is 9. The number of carbonyl (C=O) groups excluding carboxylic acids is 2. The minimum Gasteiger partial charge on any atom is -0.507 e. The molecule has 202 valence electrons. The maximum atomic E-state index is 12.2. The molecule has 0 aromatic heterocycles. The smallest absolute Gasteiger partial charge is 0.335 e. The van der Waals surface area contributed by atoms with Crippen molar-refractivity contribution in [2.75, 3.05) is 19.8 Å². The quantitative estimate of drug-likeness (QED) is 0.125. The van der Waals surface area contributed by atoms with Crippen molar-refractivity contribution in [2.24, 2.45) is 0 Å². The second-order valence-corrected chi connectivity index (χ2v) is 8.20. The molecule has 0 saturated heterocycles. The summed E-state index contributed by atoms with van der Waals surface area (Å²) in [5.74, 6) is -0.957. The van der Waals surface area contributed by atoms with Crippen LogP contribution in [0.1, 0.15) is 69.2 Å². The van der Waals surface area contributed by atoms with Crippen molar-refractivity contribution >= 4 is 11.9 Å². The zero-order valence-electron chi connectivity index (χ0n) is 22.3. The van der Waals surface area contributed by atoms with E-state index < -0.39 is 18.0 Å². The highest BCUT2D eigenvalue weighted by atomic mass is 16.6. The summed E-state index contributed by atoms with van der Waals surface area (Å²) >= 11 is 0. The first kappa shape index (κ1) is 31.6. The highest BCUT2D eigenvalue weighted by molar-refractivity contribution is 5.96. The fourth-order valence-corrected chi connectivity index (χ4v) is 3.17. The second-order valence-electron chi connectivity index (χ2n) is 8.20. The van der Waals surface area contributed by atoms with Crippen LogP contribution in [-0.2, 0) is 14.3 Å². The van der Waals surface area contributed by atoms with Gasteiger partial charge in [-0.15, -0.1) is 0 Å². The molecule has 1 aromatic carbocycles. The molecule has 0 aliphatic carbocycles. The van der Waals surface area contributed by atoms with Gasteiger partial charge in [-0.25, -0.2) is 4.79 Å². The van der Waals surface area contributed by atoms with Gasteiger partial charge in [-0.2, -0.15) is 0 Å². The average Bonchev–Trinajstić information content (AvgIpc) is 2.90. The molecule has 0 heterocycles. The Morgan fingerprint density at radius 2 is 1.41 bits per heavy atom. The molecule has 0 aliphatic heterocycles. The molecule has 1 unspecified atom stereocenters. The van der Waals surface area contributed by atoms with Crippen molar-refractivity contribution < 1.29 is 24.2 Å². The molecule has 0 bridgehead atoms. The molecular formula is C31H43NO5. The number of benzene rings is 1. The first-order chi connectivity index (χ1) is 18.1. The Morgan fingerprint density at radius 1 is 0.838 bits per heavy atom. The molecule has 6 heteroatoms. The largest absolute Gasteiger partial charge is 0.507 e. The predicted molar refractivity (Wildman–Crippen MR) is 151 cm³/mol. The third-order valence-corrected chi connectivity index (χ3v) is 5.18. The van der Waals surface area contributed by atoms with Gasteiger partial charge in [-0.3, -0.25) is 4.79 Å². The van der Waals surface area contributed by atoms with Crippen LogP contribution in [0.3, 0.4) is 0 Å². The van der Waals surface area contributed by atoms with Gasteiger partial charge in [-0.1, -0.05) is 86.7 Å². The lowest BCUT2D eigenvalue weighted by atomic mass is 10.2. The van der Waals surface area contributed by atoms with Crippen molar-refractivity contribution in [2.45, 2.75) is 64.9 Å². The Balaban J connectivity index is 2.10. The van der Waals surface area contributed by atoms with Crippen molar-refractivity contribution in [1.29, 1.82) is 0 Å².